The quantitative estimate of drug-likeness (QED) is 0.0243. The van der Waals surface area contributed by atoms with Crippen LogP contribution in [0.25, 0.3) is 0 Å². The lowest BCUT2D eigenvalue weighted by Crippen LogP contribution is -2.46. The first-order chi connectivity index (χ1) is 30.0. The van der Waals surface area contributed by atoms with Crippen LogP contribution in [-0.4, -0.2) is 73.4 Å². The van der Waals surface area contributed by atoms with Crippen molar-refractivity contribution >= 4 is 13.7 Å². The van der Waals surface area contributed by atoms with Crippen LogP contribution in [0.5, 0.6) is 0 Å². The third-order valence-corrected chi connectivity index (χ3v) is 13.2. The summed E-state index contributed by atoms with van der Waals surface area (Å²) in [6.45, 7) is 4.91. The molecule has 0 aromatic rings. The number of hydrogen-bond donors (Lipinski definition) is 3. The third-order valence-electron chi connectivity index (χ3n) is 12.2. The van der Waals surface area contributed by atoms with Crippen molar-refractivity contribution < 1.29 is 32.9 Å². The van der Waals surface area contributed by atoms with Crippen LogP contribution >= 0.6 is 7.82 Å². The molecule has 8 nitrogen and oxygen atoms in total. The first-order valence-electron chi connectivity index (χ1n) is 26.7. The van der Waals surface area contributed by atoms with Crippen LogP contribution in [0.1, 0.15) is 258 Å². The number of aliphatic hydroxyl groups excluding tert-OH is 1. The highest BCUT2D eigenvalue weighted by Crippen LogP contribution is 2.43. The summed E-state index contributed by atoms with van der Waals surface area (Å²) < 4.78 is 23.7. The summed E-state index contributed by atoms with van der Waals surface area (Å²) in [6, 6.07) is -0.761. The van der Waals surface area contributed by atoms with E-state index >= 15 is 0 Å². The predicted octanol–water partition coefficient (Wildman–Crippen LogP) is 15.6. The van der Waals surface area contributed by atoms with E-state index in [9.17, 15) is 19.4 Å². The van der Waals surface area contributed by atoms with E-state index in [-0.39, 0.29) is 19.1 Å². The van der Waals surface area contributed by atoms with Crippen molar-refractivity contribution in [3.05, 3.63) is 24.3 Å². The zero-order chi connectivity index (χ0) is 45.7. The van der Waals surface area contributed by atoms with Crippen molar-refractivity contribution in [2.24, 2.45) is 0 Å². The number of likely N-dealkylation sites (N-methyl/N-ethyl adjacent to an activating group) is 1. The molecule has 0 saturated carbocycles. The lowest BCUT2D eigenvalue weighted by Gasteiger charge is -2.26. The van der Waals surface area contributed by atoms with Crippen LogP contribution in [0.4, 0.5) is 0 Å². The molecule has 3 N–H and O–H groups in total. The zero-order valence-corrected chi connectivity index (χ0v) is 42.8. The van der Waals surface area contributed by atoms with Gasteiger partial charge in [0.25, 0.3) is 0 Å². The molecule has 0 aliphatic rings. The molecule has 0 aromatic carbocycles. The van der Waals surface area contributed by atoms with Gasteiger partial charge in [-0.25, -0.2) is 4.57 Å². The molecule has 0 rings (SSSR count). The highest BCUT2D eigenvalue weighted by atomic mass is 31.2. The van der Waals surface area contributed by atoms with Gasteiger partial charge in [0.05, 0.1) is 39.9 Å². The van der Waals surface area contributed by atoms with Crippen molar-refractivity contribution in [1.29, 1.82) is 0 Å². The Morgan fingerprint density at radius 2 is 0.919 bits per heavy atom. The summed E-state index contributed by atoms with van der Waals surface area (Å²) in [5.74, 6) is -0.146. The van der Waals surface area contributed by atoms with Gasteiger partial charge in [-0.2, -0.15) is 0 Å². The third kappa shape index (κ3) is 47.0. The summed E-state index contributed by atoms with van der Waals surface area (Å²) in [6.07, 6.45) is 55.0. The van der Waals surface area contributed by atoms with Gasteiger partial charge in [0.2, 0.25) is 5.91 Å². The Morgan fingerprint density at radius 3 is 1.32 bits per heavy atom. The number of aliphatic hydroxyl groups is 1. The molecule has 0 aromatic heterocycles. The number of hydrogen-bond acceptors (Lipinski definition) is 5. The zero-order valence-electron chi connectivity index (χ0n) is 41.9. The van der Waals surface area contributed by atoms with Crippen molar-refractivity contribution in [3.8, 4) is 0 Å². The fourth-order valence-electron chi connectivity index (χ4n) is 7.96. The molecule has 62 heavy (non-hydrogen) atoms. The number of allylic oxidation sites excluding steroid dienone is 4. The van der Waals surface area contributed by atoms with E-state index in [2.05, 4.69) is 43.5 Å². The Morgan fingerprint density at radius 1 is 0.548 bits per heavy atom. The maximum Gasteiger partial charge on any atom is 0.472 e. The van der Waals surface area contributed by atoms with Crippen LogP contribution in [0.15, 0.2) is 24.3 Å². The van der Waals surface area contributed by atoms with Crippen LogP contribution in [0.2, 0.25) is 0 Å². The minimum Gasteiger partial charge on any atom is -0.391 e. The number of nitrogens with zero attached hydrogens (tertiary/aromatic N) is 1. The number of rotatable bonds is 49. The molecule has 0 heterocycles. The number of phosphoric ester groups is 1. The minimum atomic E-state index is -4.32. The molecule has 9 heteroatoms. The summed E-state index contributed by atoms with van der Waals surface area (Å²) in [7, 11) is 1.62. The van der Waals surface area contributed by atoms with Gasteiger partial charge >= 0.3 is 7.82 Å². The van der Waals surface area contributed by atoms with Crippen LogP contribution in [0, 0.1) is 0 Å². The predicted molar refractivity (Wildman–Crippen MR) is 268 cm³/mol. The Hall–Kier alpha value is -1.02. The van der Waals surface area contributed by atoms with Crippen LogP contribution in [-0.2, 0) is 18.4 Å². The molecule has 3 unspecified atom stereocenters. The van der Waals surface area contributed by atoms with Gasteiger partial charge in [0.1, 0.15) is 13.2 Å². The molecule has 0 fully saturated rings. The molecular weight excluding hydrogens is 792 g/mol. The molecule has 368 valence electrons. The lowest BCUT2D eigenvalue weighted by atomic mass is 10.0. The SMILES string of the molecule is CCCCCCCCCCC/C=C\C/C=C\CCCCCCCCCCCC(=O)NC(COP(=O)(O)OCC[N+](C)(C)C)C(O)CCCCCCCCCCCCCCCCC. The van der Waals surface area contributed by atoms with Gasteiger partial charge in [0.15, 0.2) is 0 Å². The second-order valence-corrected chi connectivity index (χ2v) is 21.1. The smallest absolute Gasteiger partial charge is 0.391 e. The van der Waals surface area contributed by atoms with Crippen LogP contribution in [0.3, 0.4) is 0 Å². The molecule has 0 aliphatic carbocycles. The molecule has 0 radical (unpaired) electrons. The van der Waals surface area contributed by atoms with Gasteiger partial charge in [0, 0.05) is 6.42 Å². The normalized spacial score (nSPS) is 14.2. The summed E-state index contributed by atoms with van der Waals surface area (Å²) in [4.78, 5) is 23.3. The number of unbranched alkanes of at least 4 members (excludes halogenated alkanes) is 32. The fourth-order valence-corrected chi connectivity index (χ4v) is 8.70. The Bertz CT molecular complexity index is 1060. The van der Waals surface area contributed by atoms with Gasteiger partial charge in [-0.15, -0.1) is 0 Å². The van der Waals surface area contributed by atoms with Gasteiger partial charge in [-0.3, -0.25) is 13.8 Å². The van der Waals surface area contributed by atoms with E-state index in [1.54, 1.807) is 0 Å². The molecule has 0 saturated heterocycles. The molecule has 3 atom stereocenters. The number of amides is 1. The maximum absolute atomic E-state index is 13.0. The topological polar surface area (TPSA) is 105 Å². The second kappa shape index (κ2) is 45.1. The Labute approximate surface area is 385 Å². The van der Waals surface area contributed by atoms with E-state index in [4.69, 9.17) is 9.05 Å². The van der Waals surface area contributed by atoms with E-state index in [0.29, 0.717) is 23.9 Å². The average Bonchev–Trinajstić information content (AvgIpc) is 3.23. The number of phosphoric acid groups is 1. The molecular formula is C53H106N2O6P+. The van der Waals surface area contributed by atoms with E-state index < -0.39 is 20.0 Å². The monoisotopic (exact) mass is 898 g/mol. The maximum atomic E-state index is 13.0. The van der Waals surface area contributed by atoms with E-state index in [1.165, 1.54) is 186 Å². The van der Waals surface area contributed by atoms with Crippen molar-refractivity contribution in [2.75, 3.05) is 40.9 Å². The number of carbonyl (C=O) groups is 1. The first-order valence-corrected chi connectivity index (χ1v) is 28.2. The summed E-state index contributed by atoms with van der Waals surface area (Å²) >= 11 is 0. The number of quaternary nitrogens is 1. The minimum absolute atomic E-state index is 0.0747. The fraction of sp³-hybridized carbons (Fsp3) is 0.906. The molecule has 0 aliphatic heterocycles. The standard InChI is InChI=1S/C53H105N2O6P/c1-6-8-10-12-14-16-18-20-22-23-24-25-26-27-28-29-30-31-33-35-37-39-41-43-45-47-53(57)54-51(50-61-62(58,59)60-49-48-55(3,4)5)52(56)46-44-42-40-38-36-34-32-21-19-17-15-13-11-9-7-2/h24-25,27-28,51-52,56H,6-23,26,29-50H2,1-5H3,(H-,54,57,58,59)/p+1/b25-24-,28-27-. The van der Waals surface area contributed by atoms with Gasteiger partial charge < -0.3 is 19.8 Å². The number of carbonyl (C=O) groups excluding carboxylic acids is 1. The van der Waals surface area contributed by atoms with Crippen LogP contribution < -0.4 is 5.32 Å². The van der Waals surface area contributed by atoms with Gasteiger partial charge in [-0.1, -0.05) is 231 Å². The highest BCUT2D eigenvalue weighted by molar-refractivity contribution is 7.47. The summed E-state index contributed by atoms with van der Waals surface area (Å²) in [5, 5.41) is 14.0. The lowest BCUT2D eigenvalue weighted by molar-refractivity contribution is -0.870. The molecule has 1 amide bonds. The largest absolute Gasteiger partial charge is 0.472 e. The summed E-state index contributed by atoms with van der Waals surface area (Å²) in [5.41, 5.74) is 0. The van der Waals surface area contributed by atoms with Crippen molar-refractivity contribution in [2.45, 2.75) is 270 Å². The van der Waals surface area contributed by atoms with Crippen molar-refractivity contribution in [1.82, 2.24) is 5.32 Å². The molecule has 0 bridgehead atoms. The Kier molecular flexibility index (Phi) is 44.4. The number of nitrogens with one attached hydrogen (secondary N) is 1. The second-order valence-electron chi connectivity index (χ2n) is 19.6. The first kappa shape index (κ1) is 61.0. The average molecular weight is 898 g/mol. The van der Waals surface area contributed by atoms with E-state index in [1.807, 2.05) is 21.1 Å². The van der Waals surface area contributed by atoms with E-state index in [0.717, 1.165) is 44.9 Å². The highest BCUT2D eigenvalue weighted by Gasteiger charge is 2.28. The molecule has 0 spiro atoms. The van der Waals surface area contributed by atoms with Gasteiger partial charge in [-0.05, 0) is 44.9 Å². The van der Waals surface area contributed by atoms with Crippen molar-refractivity contribution in [3.63, 3.8) is 0 Å². The Balaban J connectivity index is 4.19.